The maximum absolute atomic E-state index is 13.3. The van der Waals surface area contributed by atoms with Crippen molar-refractivity contribution in [2.45, 2.75) is 66.6 Å². The van der Waals surface area contributed by atoms with Crippen molar-refractivity contribution in [2.24, 2.45) is 0 Å². The van der Waals surface area contributed by atoms with Crippen molar-refractivity contribution in [3.05, 3.63) is 64.5 Å². The third kappa shape index (κ3) is 6.81. The fourth-order valence-electron chi connectivity index (χ4n) is 3.21. The molecule has 0 saturated carbocycles. The van der Waals surface area contributed by atoms with Crippen molar-refractivity contribution in [3.63, 3.8) is 0 Å². The van der Waals surface area contributed by atoms with Crippen molar-refractivity contribution in [2.75, 3.05) is 6.61 Å². The summed E-state index contributed by atoms with van der Waals surface area (Å²) in [5.41, 5.74) is 3.86. The molecule has 0 heterocycles. The van der Waals surface area contributed by atoms with Gasteiger partial charge in [-0.2, -0.15) is 0 Å². The van der Waals surface area contributed by atoms with E-state index in [9.17, 15) is 14.0 Å². The molecule has 0 bridgehead atoms. The van der Waals surface area contributed by atoms with E-state index in [0.29, 0.717) is 5.75 Å². The molecule has 2 amide bonds. The van der Waals surface area contributed by atoms with Crippen LogP contribution in [0.25, 0.3) is 0 Å². The number of amides is 2. The summed E-state index contributed by atoms with van der Waals surface area (Å²) in [6.45, 7) is 11.5. The smallest absolute Gasteiger partial charge is 0.261 e. The van der Waals surface area contributed by atoms with Gasteiger partial charge in [0.15, 0.2) is 6.61 Å². The maximum atomic E-state index is 13.3. The number of hydrogen-bond donors (Lipinski definition) is 1. The lowest BCUT2D eigenvalue weighted by atomic mass is 10.1. The van der Waals surface area contributed by atoms with E-state index in [1.165, 1.54) is 17.0 Å². The van der Waals surface area contributed by atoms with Gasteiger partial charge in [-0.3, -0.25) is 9.59 Å². The second kappa shape index (κ2) is 10.9. The van der Waals surface area contributed by atoms with Crippen LogP contribution in [0.1, 0.15) is 49.4 Å². The Hall–Kier alpha value is -2.89. The molecule has 2 atom stereocenters. The lowest BCUT2D eigenvalue weighted by Gasteiger charge is -2.29. The highest BCUT2D eigenvalue weighted by molar-refractivity contribution is 5.88. The predicted octanol–water partition coefficient (Wildman–Crippen LogP) is 4.46. The topological polar surface area (TPSA) is 58.6 Å². The summed E-state index contributed by atoms with van der Waals surface area (Å²) in [5.74, 6) is -0.232. The van der Waals surface area contributed by atoms with Gasteiger partial charge in [-0.1, -0.05) is 25.1 Å². The van der Waals surface area contributed by atoms with E-state index in [4.69, 9.17) is 4.74 Å². The van der Waals surface area contributed by atoms with Crippen LogP contribution in [0, 0.1) is 26.6 Å². The van der Waals surface area contributed by atoms with Crippen molar-refractivity contribution < 1.29 is 18.7 Å². The molecule has 0 fully saturated rings. The van der Waals surface area contributed by atoms with Crippen LogP contribution in [0.4, 0.5) is 4.39 Å². The molecule has 0 spiro atoms. The molecule has 0 aliphatic rings. The van der Waals surface area contributed by atoms with Crippen LogP contribution in [0.3, 0.4) is 0 Å². The van der Waals surface area contributed by atoms with Gasteiger partial charge in [-0.15, -0.1) is 0 Å². The Morgan fingerprint density at radius 2 is 1.74 bits per heavy atom. The summed E-state index contributed by atoms with van der Waals surface area (Å²) in [6.07, 6.45) is 0.791. The molecule has 31 heavy (non-hydrogen) atoms. The minimum absolute atomic E-state index is 0.00638. The van der Waals surface area contributed by atoms with Crippen LogP contribution < -0.4 is 10.1 Å². The average molecular weight is 429 g/mol. The molecule has 1 N–H and O–H groups in total. The van der Waals surface area contributed by atoms with Crippen molar-refractivity contribution in [1.29, 1.82) is 0 Å². The fourth-order valence-corrected chi connectivity index (χ4v) is 3.21. The molecule has 5 nitrogen and oxygen atoms in total. The van der Waals surface area contributed by atoms with Crippen molar-refractivity contribution >= 4 is 11.8 Å². The number of nitrogens with one attached hydrogen (secondary N) is 1. The zero-order valence-corrected chi connectivity index (χ0v) is 19.3. The second-order valence-electron chi connectivity index (χ2n) is 8.14. The molecule has 0 saturated heterocycles. The Labute approximate surface area is 184 Å². The Morgan fingerprint density at radius 3 is 2.35 bits per heavy atom. The minimum atomic E-state index is -0.699. The molecular formula is C25H33FN2O3. The highest BCUT2D eigenvalue weighted by Gasteiger charge is 2.27. The minimum Gasteiger partial charge on any atom is -0.483 e. The standard InChI is InChI=1S/C25H33FN2O3/c1-7-18(4)27-25(30)20(6)28(14-21-8-10-22(26)11-9-21)24(29)15-31-23-13-16(2)12-17(3)19(23)5/h8-13,18,20H,7,14-15H2,1-6H3,(H,27,30)/t18-,20-/m0/s1. The number of carbonyl (C=O) groups excluding carboxylic acids is 2. The van der Waals surface area contributed by atoms with E-state index in [1.54, 1.807) is 19.1 Å². The van der Waals surface area contributed by atoms with Gasteiger partial charge in [0.1, 0.15) is 17.6 Å². The molecule has 0 aliphatic carbocycles. The third-order valence-corrected chi connectivity index (χ3v) is 5.55. The maximum Gasteiger partial charge on any atom is 0.261 e. The number of rotatable bonds is 9. The Morgan fingerprint density at radius 1 is 1.10 bits per heavy atom. The average Bonchev–Trinajstić information content (AvgIpc) is 2.73. The quantitative estimate of drug-likeness (QED) is 0.641. The number of halogens is 1. The summed E-state index contributed by atoms with van der Waals surface area (Å²) in [7, 11) is 0. The molecule has 0 unspecified atom stereocenters. The number of hydrogen-bond acceptors (Lipinski definition) is 3. The SMILES string of the molecule is CC[C@H](C)NC(=O)[C@H](C)N(Cc1ccc(F)cc1)C(=O)COc1cc(C)cc(C)c1C. The van der Waals surface area contributed by atoms with Gasteiger partial charge in [0, 0.05) is 12.6 Å². The van der Waals surface area contributed by atoms with Crippen LogP contribution in [-0.4, -0.2) is 35.4 Å². The van der Waals surface area contributed by atoms with Crippen molar-refractivity contribution in [1.82, 2.24) is 10.2 Å². The van der Waals surface area contributed by atoms with E-state index < -0.39 is 6.04 Å². The van der Waals surface area contributed by atoms with Gasteiger partial charge >= 0.3 is 0 Å². The summed E-state index contributed by atoms with van der Waals surface area (Å²) >= 11 is 0. The van der Waals surface area contributed by atoms with E-state index >= 15 is 0 Å². The highest BCUT2D eigenvalue weighted by atomic mass is 19.1. The lowest BCUT2D eigenvalue weighted by Crippen LogP contribution is -2.50. The summed E-state index contributed by atoms with van der Waals surface area (Å²) in [6, 6.07) is 9.19. The van der Waals surface area contributed by atoms with Crippen LogP contribution in [0.15, 0.2) is 36.4 Å². The normalized spacial score (nSPS) is 12.7. The number of ether oxygens (including phenoxy) is 1. The molecule has 2 aromatic rings. The fraction of sp³-hybridized carbons (Fsp3) is 0.440. The van der Waals surface area contributed by atoms with Gasteiger partial charge in [-0.05, 0) is 81.5 Å². The largest absolute Gasteiger partial charge is 0.483 e. The van der Waals surface area contributed by atoms with E-state index in [0.717, 1.165) is 28.7 Å². The number of benzene rings is 2. The highest BCUT2D eigenvalue weighted by Crippen LogP contribution is 2.23. The molecular weight excluding hydrogens is 395 g/mol. The van der Waals surface area contributed by atoms with E-state index in [1.807, 2.05) is 40.7 Å². The van der Waals surface area contributed by atoms with Crippen LogP contribution in [0.5, 0.6) is 5.75 Å². The van der Waals surface area contributed by atoms with Crippen molar-refractivity contribution in [3.8, 4) is 5.75 Å². The van der Waals surface area contributed by atoms with E-state index in [-0.39, 0.29) is 36.8 Å². The lowest BCUT2D eigenvalue weighted by molar-refractivity contribution is -0.142. The van der Waals surface area contributed by atoms with Crippen LogP contribution >= 0.6 is 0 Å². The number of carbonyl (C=O) groups is 2. The molecule has 2 aromatic carbocycles. The third-order valence-electron chi connectivity index (χ3n) is 5.55. The first kappa shape index (κ1) is 24.4. The zero-order chi connectivity index (χ0) is 23.1. The number of nitrogens with zero attached hydrogens (tertiary/aromatic N) is 1. The number of aryl methyl sites for hydroxylation is 2. The summed E-state index contributed by atoms with van der Waals surface area (Å²) in [5, 5.41) is 2.92. The van der Waals surface area contributed by atoms with Gasteiger partial charge < -0.3 is 15.0 Å². The summed E-state index contributed by atoms with van der Waals surface area (Å²) < 4.78 is 19.1. The Kier molecular flexibility index (Phi) is 8.60. The first-order valence-corrected chi connectivity index (χ1v) is 10.7. The summed E-state index contributed by atoms with van der Waals surface area (Å²) in [4.78, 5) is 27.3. The van der Waals surface area contributed by atoms with Gasteiger partial charge in [-0.25, -0.2) is 4.39 Å². The first-order chi connectivity index (χ1) is 14.6. The molecule has 6 heteroatoms. The second-order valence-corrected chi connectivity index (χ2v) is 8.14. The van der Waals surface area contributed by atoms with Gasteiger partial charge in [0.2, 0.25) is 5.91 Å². The van der Waals surface area contributed by atoms with Crippen LogP contribution in [0.2, 0.25) is 0 Å². The Bertz CT molecular complexity index is 912. The first-order valence-electron chi connectivity index (χ1n) is 10.7. The Balaban J connectivity index is 2.20. The molecule has 0 radical (unpaired) electrons. The van der Waals surface area contributed by atoms with Crippen LogP contribution in [-0.2, 0) is 16.1 Å². The molecule has 0 aliphatic heterocycles. The van der Waals surface area contributed by atoms with Gasteiger partial charge in [0.25, 0.3) is 5.91 Å². The van der Waals surface area contributed by atoms with E-state index in [2.05, 4.69) is 11.4 Å². The zero-order valence-electron chi connectivity index (χ0n) is 19.3. The molecule has 2 rings (SSSR count). The van der Waals surface area contributed by atoms with Gasteiger partial charge in [0.05, 0.1) is 0 Å². The predicted molar refractivity (Wildman–Crippen MR) is 120 cm³/mol. The monoisotopic (exact) mass is 428 g/mol. The molecule has 168 valence electrons. The molecule has 0 aromatic heterocycles.